The van der Waals surface area contributed by atoms with Crippen molar-refractivity contribution < 1.29 is 4.79 Å². The molecule has 0 radical (unpaired) electrons. The van der Waals surface area contributed by atoms with Crippen LogP contribution in [-0.2, 0) is 0 Å². The summed E-state index contributed by atoms with van der Waals surface area (Å²) in [5.74, 6) is 0.165. The minimum absolute atomic E-state index is 0.165. The number of hydrogen-bond donors (Lipinski definition) is 0. The summed E-state index contributed by atoms with van der Waals surface area (Å²) in [6.07, 6.45) is 2.70. The number of rotatable bonds is 3. The summed E-state index contributed by atoms with van der Waals surface area (Å²) < 4.78 is 1.10. The van der Waals surface area contributed by atoms with Crippen molar-refractivity contribution >= 4 is 27.2 Å². The average molecular weight is 230 g/mol. The lowest BCUT2D eigenvalue weighted by Crippen LogP contribution is -2.02. The zero-order valence-electron chi connectivity index (χ0n) is 9.49. The summed E-state index contributed by atoms with van der Waals surface area (Å²) in [7, 11) is 0. The average Bonchev–Trinajstić information content (AvgIpc) is 2.78. The highest BCUT2D eigenvalue weighted by molar-refractivity contribution is 7.17. The lowest BCUT2D eigenvalue weighted by Gasteiger charge is -2.04. The van der Waals surface area contributed by atoms with Crippen LogP contribution >= 0.6 is 11.3 Å². The van der Waals surface area contributed by atoms with E-state index in [-0.39, 0.29) is 5.78 Å². The Hall–Kier alpha value is -1.41. The van der Waals surface area contributed by atoms with Gasteiger partial charge in [0, 0.05) is 10.3 Å². The SMILES string of the molecule is C/C=C(/CC)C(=O)c1cccc2ccsc12. The molecule has 0 aliphatic rings. The molecule has 0 aliphatic heterocycles. The van der Waals surface area contributed by atoms with Gasteiger partial charge in [0.1, 0.15) is 0 Å². The Morgan fingerprint density at radius 2 is 2.19 bits per heavy atom. The van der Waals surface area contributed by atoms with E-state index < -0.39 is 0 Å². The minimum atomic E-state index is 0.165. The first-order valence-electron chi connectivity index (χ1n) is 5.44. The van der Waals surface area contributed by atoms with E-state index in [1.807, 2.05) is 43.5 Å². The molecule has 0 N–H and O–H groups in total. The number of benzene rings is 1. The highest BCUT2D eigenvalue weighted by Crippen LogP contribution is 2.26. The molecule has 0 bridgehead atoms. The van der Waals surface area contributed by atoms with Crippen LogP contribution in [0.4, 0.5) is 0 Å². The number of ketones is 1. The number of fused-ring (bicyclic) bond motifs is 1. The van der Waals surface area contributed by atoms with Crippen LogP contribution in [0.3, 0.4) is 0 Å². The molecule has 1 aromatic carbocycles. The Labute approximate surface area is 99.4 Å². The first-order chi connectivity index (χ1) is 7.77. The fourth-order valence-electron chi connectivity index (χ4n) is 1.84. The molecule has 16 heavy (non-hydrogen) atoms. The van der Waals surface area contributed by atoms with Crippen LogP contribution in [0, 0.1) is 0 Å². The third kappa shape index (κ3) is 1.81. The van der Waals surface area contributed by atoms with Gasteiger partial charge in [-0.2, -0.15) is 0 Å². The maximum atomic E-state index is 12.3. The predicted octanol–water partition coefficient (Wildman–Crippen LogP) is 4.44. The van der Waals surface area contributed by atoms with Crippen LogP contribution in [0.25, 0.3) is 10.1 Å². The Balaban J connectivity index is 2.55. The van der Waals surface area contributed by atoms with E-state index in [1.165, 1.54) is 0 Å². The van der Waals surface area contributed by atoms with Crippen molar-refractivity contribution in [3.63, 3.8) is 0 Å². The minimum Gasteiger partial charge on any atom is -0.289 e. The Bertz CT molecular complexity index is 549. The highest BCUT2D eigenvalue weighted by atomic mass is 32.1. The van der Waals surface area contributed by atoms with Gasteiger partial charge in [-0.3, -0.25) is 4.79 Å². The molecule has 0 amide bonds. The third-order valence-corrected chi connectivity index (χ3v) is 3.71. The molecule has 0 unspecified atom stereocenters. The second-order valence-electron chi connectivity index (χ2n) is 3.64. The maximum absolute atomic E-state index is 12.3. The van der Waals surface area contributed by atoms with E-state index in [0.29, 0.717) is 0 Å². The summed E-state index contributed by atoms with van der Waals surface area (Å²) in [4.78, 5) is 12.3. The Kier molecular flexibility index (Phi) is 3.20. The van der Waals surface area contributed by atoms with E-state index in [0.717, 1.165) is 27.6 Å². The molecule has 0 spiro atoms. The second kappa shape index (κ2) is 4.62. The monoisotopic (exact) mass is 230 g/mol. The zero-order valence-corrected chi connectivity index (χ0v) is 10.3. The van der Waals surface area contributed by atoms with Crippen molar-refractivity contribution in [2.24, 2.45) is 0 Å². The van der Waals surface area contributed by atoms with Gasteiger partial charge in [-0.25, -0.2) is 0 Å². The summed E-state index contributed by atoms with van der Waals surface area (Å²) in [5.41, 5.74) is 1.73. The molecule has 2 heteroatoms. The van der Waals surface area contributed by atoms with Gasteiger partial charge in [0.25, 0.3) is 0 Å². The molecule has 0 aliphatic carbocycles. The predicted molar refractivity (Wildman–Crippen MR) is 70.2 cm³/mol. The number of hydrogen-bond acceptors (Lipinski definition) is 2. The van der Waals surface area contributed by atoms with Crippen molar-refractivity contribution in [1.29, 1.82) is 0 Å². The Morgan fingerprint density at radius 3 is 2.88 bits per heavy atom. The maximum Gasteiger partial charge on any atom is 0.190 e. The number of allylic oxidation sites excluding steroid dienone is 2. The standard InChI is InChI=1S/C14H14OS/c1-3-10(4-2)13(15)12-7-5-6-11-8-9-16-14(11)12/h3,5-9H,4H2,1-2H3/b10-3-. The Morgan fingerprint density at radius 1 is 1.38 bits per heavy atom. The quantitative estimate of drug-likeness (QED) is 0.562. The van der Waals surface area contributed by atoms with E-state index in [1.54, 1.807) is 11.3 Å². The lowest BCUT2D eigenvalue weighted by atomic mass is 10.0. The smallest absolute Gasteiger partial charge is 0.190 e. The first-order valence-corrected chi connectivity index (χ1v) is 6.32. The van der Waals surface area contributed by atoms with Gasteiger partial charge in [0.2, 0.25) is 0 Å². The fraction of sp³-hybridized carbons (Fsp3) is 0.214. The molecule has 2 rings (SSSR count). The topological polar surface area (TPSA) is 17.1 Å². The first kappa shape index (κ1) is 11.1. The normalized spacial score (nSPS) is 12.0. The molecule has 1 aromatic heterocycles. The molecular weight excluding hydrogens is 216 g/mol. The molecule has 0 saturated carbocycles. The third-order valence-electron chi connectivity index (χ3n) is 2.74. The molecular formula is C14H14OS. The van der Waals surface area contributed by atoms with Crippen LogP contribution in [-0.4, -0.2) is 5.78 Å². The van der Waals surface area contributed by atoms with Gasteiger partial charge >= 0.3 is 0 Å². The van der Waals surface area contributed by atoms with Crippen molar-refractivity contribution in [2.75, 3.05) is 0 Å². The van der Waals surface area contributed by atoms with Crippen LogP contribution in [0.15, 0.2) is 41.3 Å². The molecule has 0 atom stereocenters. The number of thiophene rings is 1. The van der Waals surface area contributed by atoms with Gasteiger partial charge in [-0.1, -0.05) is 25.1 Å². The van der Waals surface area contributed by atoms with Crippen molar-refractivity contribution in [3.8, 4) is 0 Å². The van der Waals surface area contributed by atoms with Crippen LogP contribution < -0.4 is 0 Å². The molecule has 1 heterocycles. The summed E-state index contributed by atoms with van der Waals surface area (Å²) >= 11 is 1.63. The van der Waals surface area contributed by atoms with Crippen LogP contribution in [0.2, 0.25) is 0 Å². The van der Waals surface area contributed by atoms with Gasteiger partial charge in [-0.05, 0) is 41.8 Å². The highest BCUT2D eigenvalue weighted by Gasteiger charge is 2.13. The second-order valence-corrected chi connectivity index (χ2v) is 4.56. The molecule has 0 fully saturated rings. The van der Waals surface area contributed by atoms with Gasteiger partial charge < -0.3 is 0 Å². The van der Waals surface area contributed by atoms with Gasteiger partial charge in [-0.15, -0.1) is 11.3 Å². The van der Waals surface area contributed by atoms with E-state index in [9.17, 15) is 4.79 Å². The summed E-state index contributed by atoms with van der Waals surface area (Å²) in [6, 6.07) is 7.97. The van der Waals surface area contributed by atoms with Crippen LogP contribution in [0.1, 0.15) is 30.6 Å². The van der Waals surface area contributed by atoms with E-state index in [4.69, 9.17) is 0 Å². The van der Waals surface area contributed by atoms with Gasteiger partial charge in [0.15, 0.2) is 5.78 Å². The largest absolute Gasteiger partial charge is 0.289 e. The van der Waals surface area contributed by atoms with E-state index >= 15 is 0 Å². The summed E-state index contributed by atoms with van der Waals surface area (Å²) in [6.45, 7) is 3.94. The van der Waals surface area contributed by atoms with Crippen LogP contribution in [0.5, 0.6) is 0 Å². The zero-order chi connectivity index (χ0) is 11.5. The molecule has 0 saturated heterocycles. The number of carbonyl (C=O) groups is 1. The molecule has 2 aromatic rings. The van der Waals surface area contributed by atoms with Crippen molar-refractivity contribution in [2.45, 2.75) is 20.3 Å². The van der Waals surface area contributed by atoms with Gasteiger partial charge in [0.05, 0.1) is 0 Å². The summed E-state index contributed by atoms with van der Waals surface area (Å²) in [5, 5.41) is 3.19. The number of carbonyl (C=O) groups excluding carboxylic acids is 1. The van der Waals surface area contributed by atoms with Crippen molar-refractivity contribution in [1.82, 2.24) is 0 Å². The number of Topliss-reactive ketones (excluding diaryl/α,β-unsaturated/α-hetero) is 1. The molecule has 82 valence electrons. The fourth-order valence-corrected chi connectivity index (χ4v) is 2.75. The molecule has 1 nitrogen and oxygen atoms in total. The lowest BCUT2D eigenvalue weighted by molar-refractivity contribution is 0.103. The van der Waals surface area contributed by atoms with E-state index in [2.05, 4.69) is 6.07 Å². The van der Waals surface area contributed by atoms with Crippen molar-refractivity contribution in [3.05, 3.63) is 46.9 Å².